The smallest absolute Gasteiger partial charge is 0.199 e. The van der Waals surface area contributed by atoms with Crippen LogP contribution < -0.4 is 0 Å². The number of carbonyl (C=O) groups is 1. The molecule has 3 rings (SSSR count). The Morgan fingerprint density at radius 1 is 1.14 bits per heavy atom. The fourth-order valence-electron chi connectivity index (χ4n) is 2.11. The Balaban J connectivity index is 1.95. The van der Waals surface area contributed by atoms with Gasteiger partial charge < -0.3 is 5.11 Å². The van der Waals surface area contributed by atoms with Crippen LogP contribution in [-0.2, 0) is 0 Å². The van der Waals surface area contributed by atoms with Crippen molar-refractivity contribution >= 4 is 35.0 Å². The molecule has 0 fully saturated rings. The zero-order valence-corrected chi connectivity index (χ0v) is 11.4. The van der Waals surface area contributed by atoms with E-state index in [0.29, 0.717) is 16.8 Å². The molecule has 0 unspecified atom stereocenters. The van der Waals surface area contributed by atoms with Crippen molar-refractivity contribution < 1.29 is 14.3 Å². The highest BCUT2D eigenvalue weighted by Gasteiger charge is 2.27. The van der Waals surface area contributed by atoms with Crippen molar-refractivity contribution in [1.29, 1.82) is 0 Å². The van der Waals surface area contributed by atoms with Gasteiger partial charge in [0.15, 0.2) is 5.78 Å². The number of nitrogens with zero attached hydrogens (tertiary/aromatic N) is 1. The van der Waals surface area contributed by atoms with Gasteiger partial charge in [0.1, 0.15) is 11.6 Å². The van der Waals surface area contributed by atoms with E-state index in [1.807, 2.05) is 0 Å². The predicted octanol–water partition coefficient (Wildman–Crippen LogP) is 4.35. The summed E-state index contributed by atoms with van der Waals surface area (Å²) in [4.78, 5) is 16.2. The molecule has 2 aromatic carbocycles. The number of halogens is 2. The SMILES string of the molecule is O=C1C(C=Nc2ccc(F)c(Cl)c2)=C(O)c2ccccc21. The maximum Gasteiger partial charge on any atom is 0.199 e. The van der Waals surface area contributed by atoms with Crippen molar-refractivity contribution in [2.24, 2.45) is 4.99 Å². The first-order valence-electron chi connectivity index (χ1n) is 6.14. The molecule has 0 heterocycles. The molecule has 0 saturated carbocycles. The lowest BCUT2D eigenvalue weighted by atomic mass is 10.1. The third kappa shape index (κ3) is 2.34. The average molecular weight is 302 g/mol. The standard InChI is InChI=1S/C16H9ClFNO2/c17-13-7-9(5-6-14(13)18)19-8-12-15(20)10-3-1-2-4-11(10)16(12)21/h1-8,20H. The van der Waals surface area contributed by atoms with Crippen LogP contribution in [0.5, 0.6) is 0 Å². The number of allylic oxidation sites excluding steroid dienone is 1. The summed E-state index contributed by atoms with van der Waals surface area (Å²) in [6.45, 7) is 0. The summed E-state index contributed by atoms with van der Waals surface area (Å²) in [6.07, 6.45) is 1.27. The van der Waals surface area contributed by atoms with E-state index >= 15 is 0 Å². The zero-order valence-electron chi connectivity index (χ0n) is 10.7. The maximum absolute atomic E-state index is 13.1. The van der Waals surface area contributed by atoms with E-state index in [4.69, 9.17) is 11.6 Å². The number of hydrogen-bond donors (Lipinski definition) is 1. The molecule has 0 aromatic heterocycles. The zero-order chi connectivity index (χ0) is 15.0. The molecule has 0 spiro atoms. The molecule has 104 valence electrons. The van der Waals surface area contributed by atoms with Crippen molar-refractivity contribution in [2.45, 2.75) is 0 Å². The van der Waals surface area contributed by atoms with Crippen LogP contribution in [0.25, 0.3) is 5.76 Å². The lowest BCUT2D eigenvalue weighted by Crippen LogP contribution is -1.99. The predicted molar refractivity (Wildman–Crippen MR) is 79.9 cm³/mol. The van der Waals surface area contributed by atoms with E-state index < -0.39 is 5.82 Å². The van der Waals surface area contributed by atoms with E-state index in [1.165, 1.54) is 24.4 Å². The molecule has 21 heavy (non-hydrogen) atoms. The van der Waals surface area contributed by atoms with Gasteiger partial charge in [-0.3, -0.25) is 9.79 Å². The Hall–Kier alpha value is -2.46. The number of hydrogen-bond acceptors (Lipinski definition) is 3. The highest BCUT2D eigenvalue weighted by molar-refractivity contribution is 6.31. The van der Waals surface area contributed by atoms with Gasteiger partial charge in [0.2, 0.25) is 0 Å². The van der Waals surface area contributed by atoms with Crippen LogP contribution in [0, 0.1) is 5.82 Å². The molecule has 0 saturated heterocycles. The second kappa shape index (κ2) is 5.14. The van der Waals surface area contributed by atoms with Crippen LogP contribution in [0.1, 0.15) is 15.9 Å². The third-order valence-electron chi connectivity index (χ3n) is 3.17. The molecule has 0 atom stereocenters. The Labute approximate surface area is 125 Å². The lowest BCUT2D eigenvalue weighted by Gasteiger charge is -1.97. The molecule has 0 bridgehead atoms. The number of rotatable bonds is 2. The number of benzene rings is 2. The molecule has 2 aromatic rings. The van der Waals surface area contributed by atoms with E-state index in [1.54, 1.807) is 24.3 Å². The Bertz CT molecular complexity index is 812. The van der Waals surface area contributed by atoms with Crippen molar-refractivity contribution in [3.8, 4) is 0 Å². The fraction of sp³-hybridized carbons (Fsp3) is 0. The average Bonchev–Trinajstić information content (AvgIpc) is 2.73. The topological polar surface area (TPSA) is 49.7 Å². The van der Waals surface area contributed by atoms with Gasteiger partial charge in [-0.25, -0.2) is 4.39 Å². The summed E-state index contributed by atoms with van der Waals surface area (Å²) in [5.41, 5.74) is 1.43. The van der Waals surface area contributed by atoms with E-state index in [2.05, 4.69) is 4.99 Å². The highest BCUT2D eigenvalue weighted by atomic mass is 35.5. The molecule has 0 radical (unpaired) electrons. The second-order valence-electron chi connectivity index (χ2n) is 4.49. The number of aliphatic hydroxyl groups is 1. The molecule has 1 aliphatic rings. The number of Topliss-reactive ketones (excluding diaryl/α,β-unsaturated/α-hetero) is 1. The Morgan fingerprint density at radius 2 is 1.86 bits per heavy atom. The molecule has 5 heteroatoms. The maximum atomic E-state index is 13.1. The minimum absolute atomic E-state index is 0.0520. The first-order valence-corrected chi connectivity index (χ1v) is 6.52. The van der Waals surface area contributed by atoms with Gasteiger partial charge in [0.25, 0.3) is 0 Å². The van der Waals surface area contributed by atoms with Crippen LogP contribution in [0.4, 0.5) is 10.1 Å². The van der Waals surface area contributed by atoms with Gasteiger partial charge in [-0.1, -0.05) is 35.9 Å². The molecular formula is C16H9ClFNO2. The molecule has 1 N–H and O–H groups in total. The first-order chi connectivity index (χ1) is 10.1. The minimum atomic E-state index is -0.540. The normalized spacial score (nSPS) is 14.1. The fourth-order valence-corrected chi connectivity index (χ4v) is 2.28. The quantitative estimate of drug-likeness (QED) is 0.838. The summed E-state index contributed by atoms with van der Waals surface area (Å²) in [7, 11) is 0. The van der Waals surface area contributed by atoms with Gasteiger partial charge in [0, 0.05) is 17.3 Å². The highest BCUT2D eigenvalue weighted by Crippen LogP contribution is 2.30. The number of ketones is 1. The Morgan fingerprint density at radius 3 is 2.52 bits per heavy atom. The monoisotopic (exact) mass is 301 g/mol. The van der Waals surface area contributed by atoms with Crippen molar-refractivity contribution in [1.82, 2.24) is 0 Å². The van der Waals surface area contributed by atoms with Crippen LogP contribution in [-0.4, -0.2) is 17.1 Å². The van der Waals surface area contributed by atoms with Crippen molar-refractivity contribution in [3.63, 3.8) is 0 Å². The van der Waals surface area contributed by atoms with Gasteiger partial charge in [-0.05, 0) is 18.2 Å². The van der Waals surface area contributed by atoms with Crippen molar-refractivity contribution in [2.75, 3.05) is 0 Å². The summed E-state index contributed by atoms with van der Waals surface area (Å²) < 4.78 is 13.1. The lowest BCUT2D eigenvalue weighted by molar-refractivity contribution is 0.104. The van der Waals surface area contributed by atoms with Gasteiger partial charge in [-0.2, -0.15) is 0 Å². The summed E-state index contributed by atoms with van der Waals surface area (Å²) in [6, 6.07) is 10.7. The van der Waals surface area contributed by atoms with Gasteiger partial charge in [0.05, 0.1) is 16.3 Å². The van der Waals surface area contributed by atoms with Crippen LogP contribution in [0.2, 0.25) is 5.02 Å². The molecule has 3 nitrogen and oxygen atoms in total. The minimum Gasteiger partial charge on any atom is -0.506 e. The van der Waals surface area contributed by atoms with E-state index in [9.17, 15) is 14.3 Å². The van der Waals surface area contributed by atoms with E-state index in [0.717, 1.165) is 0 Å². The first kappa shape index (κ1) is 13.5. The van der Waals surface area contributed by atoms with Crippen LogP contribution in [0.15, 0.2) is 53.0 Å². The molecule has 0 amide bonds. The van der Waals surface area contributed by atoms with E-state index in [-0.39, 0.29) is 22.1 Å². The number of carbonyl (C=O) groups excluding carboxylic acids is 1. The molecule has 1 aliphatic carbocycles. The van der Waals surface area contributed by atoms with Gasteiger partial charge in [-0.15, -0.1) is 0 Å². The largest absolute Gasteiger partial charge is 0.506 e. The molecule has 0 aliphatic heterocycles. The number of aliphatic hydroxyl groups excluding tert-OH is 1. The summed E-state index contributed by atoms with van der Waals surface area (Å²) >= 11 is 5.66. The summed E-state index contributed by atoms with van der Waals surface area (Å²) in [5, 5.41) is 10.0. The van der Waals surface area contributed by atoms with Gasteiger partial charge >= 0.3 is 0 Å². The number of aliphatic imine (C=N–C) groups is 1. The second-order valence-corrected chi connectivity index (χ2v) is 4.90. The summed E-state index contributed by atoms with van der Waals surface area (Å²) in [5.74, 6) is -0.936. The van der Waals surface area contributed by atoms with Crippen LogP contribution in [0.3, 0.4) is 0 Å². The molecular weight excluding hydrogens is 293 g/mol. The third-order valence-corrected chi connectivity index (χ3v) is 3.46. The van der Waals surface area contributed by atoms with Crippen LogP contribution >= 0.6 is 11.6 Å². The van der Waals surface area contributed by atoms with Crippen molar-refractivity contribution in [3.05, 3.63) is 70.0 Å². The Kier molecular flexibility index (Phi) is 3.31. The number of fused-ring (bicyclic) bond motifs is 1.